The van der Waals surface area contributed by atoms with E-state index < -0.39 is 0 Å². The fraction of sp³-hybridized carbons (Fsp3) is 0.0227. The minimum absolute atomic E-state index is 0.894. The summed E-state index contributed by atoms with van der Waals surface area (Å²) >= 11 is 0. The molecule has 7 aromatic carbocycles. The summed E-state index contributed by atoms with van der Waals surface area (Å²) in [7, 11) is 0. The zero-order valence-electron chi connectivity index (χ0n) is 25.0. The molecule has 10 rings (SSSR count). The molecule has 2 heterocycles. The van der Waals surface area contributed by atoms with Gasteiger partial charge in [-0.1, -0.05) is 127 Å². The third kappa shape index (κ3) is 3.68. The predicted octanol–water partition coefficient (Wildman–Crippen LogP) is 11.9. The first-order valence-corrected chi connectivity index (χ1v) is 15.8. The van der Waals surface area contributed by atoms with Crippen LogP contribution in [0, 0.1) is 0 Å². The van der Waals surface area contributed by atoms with Crippen molar-refractivity contribution in [3.05, 3.63) is 163 Å². The van der Waals surface area contributed by atoms with Crippen LogP contribution in [0.5, 0.6) is 0 Å². The Kier molecular flexibility index (Phi) is 5.38. The van der Waals surface area contributed by atoms with Crippen molar-refractivity contribution < 1.29 is 4.42 Å². The highest BCUT2D eigenvalue weighted by Gasteiger charge is 2.23. The molecule has 0 radical (unpaired) electrons. The molecule has 0 fully saturated rings. The first-order valence-electron chi connectivity index (χ1n) is 15.8. The maximum atomic E-state index is 6.74. The molecule has 0 N–H and O–H groups in total. The topological polar surface area (TPSA) is 26.0 Å². The Labute approximate surface area is 266 Å². The predicted molar refractivity (Wildman–Crippen MR) is 191 cm³/mol. The lowest BCUT2D eigenvalue weighted by Gasteiger charge is -2.16. The maximum absolute atomic E-state index is 6.74. The van der Waals surface area contributed by atoms with Gasteiger partial charge in [-0.05, 0) is 74.8 Å². The van der Waals surface area contributed by atoms with Gasteiger partial charge >= 0.3 is 0 Å². The number of rotatable bonds is 3. The number of hydrogen-bond donors (Lipinski definition) is 0. The molecule has 0 atom stereocenters. The molecule has 0 bridgehead atoms. The maximum Gasteiger partial charge on any atom is 0.144 e. The van der Waals surface area contributed by atoms with Gasteiger partial charge in [0.2, 0.25) is 0 Å². The van der Waals surface area contributed by atoms with Gasteiger partial charge in [-0.3, -0.25) is 0 Å². The molecule has 2 aromatic heterocycles. The second kappa shape index (κ2) is 9.76. The van der Waals surface area contributed by atoms with Crippen molar-refractivity contribution in [2.24, 2.45) is 0 Å². The van der Waals surface area contributed by atoms with Gasteiger partial charge in [-0.2, -0.15) is 0 Å². The van der Waals surface area contributed by atoms with Gasteiger partial charge in [0, 0.05) is 32.8 Å². The standard InChI is InChI=1S/C44H27NO/c1-2-11-27(12-3-1)41-34-15-6-7-16-35(34)42(43-36-17-8-9-20-40(36)46-44(41)43)33-18-10-19-39-32(33)23-24-38(45-39)30-22-21-29-25-28-13-4-5-14-31(28)37(29)26-30/h1-24,26H,25H2. The Morgan fingerprint density at radius 2 is 1.17 bits per heavy atom. The van der Waals surface area contributed by atoms with Crippen molar-refractivity contribution in [2.75, 3.05) is 0 Å². The van der Waals surface area contributed by atoms with Crippen molar-refractivity contribution in [1.29, 1.82) is 0 Å². The third-order valence-electron chi connectivity index (χ3n) is 9.70. The van der Waals surface area contributed by atoms with E-state index in [0.29, 0.717) is 0 Å². The largest absolute Gasteiger partial charge is 0.455 e. The zero-order chi connectivity index (χ0) is 30.2. The van der Waals surface area contributed by atoms with Crippen LogP contribution in [-0.2, 0) is 6.42 Å². The number of hydrogen-bond acceptors (Lipinski definition) is 2. The number of nitrogens with zero attached hydrogens (tertiary/aromatic N) is 1. The van der Waals surface area contributed by atoms with Crippen molar-refractivity contribution >= 4 is 43.6 Å². The van der Waals surface area contributed by atoms with Crippen molar-refractivity contribution in [1.82, 2.24) is 4.98 Å². The van der Waals surface area contributed by atoms with E-state index in [4.69, 9.17) is 9.40 Å². The molecule has 0 aliphatic heterocycles. The van der Waals surface area contributed by atoms with Gasteiger partial charge in [-0.25, -0.2) is 4.98 Å². The molecule has 0 saturated carbocycles. The molecule has 214 valence electrons. The number of fused-ring (bicyclic) bond motifs is 8. The van der Waals surface area contributed by atoms with E-state index in [1.165, 1.54) is 38.6 Å². The van der Waals surface area contributed by atoms with Crippen LogP contribution in [0.3, 0.4) is 0 Å². The van der Waals surface area contributed by atoms with E-state index in [2.05, 4.69) is 146 Å². The second-order valence-corrected chi connectivity index (χ2v) is 12.2. The first-order chi connectivity index (χ1) is 22.8. The van der Waals surface area contributed by atoms with Gasteiger partial charge in [0.25, 0.3) is 0 Å². The van der Waals surface area contributed by atoms with Gasteiger partial charge in [-0.15, -0.1) is 0 Å². The molecule has 1 aliphatic carbocycles. The Bertz CT molecular complexity index is 2660. The molecule has 0 amide bonds. The van der Waals surface area contributed by atoms with Gasteiger partial charge in [0.05, 0.1) is 11.2 Å². The number of aromatic nitrogens is 1. The highest BCUT2D eigenvalue weighted by atomic mass is 16.3. The minimum atomic E-state index is 0.894. The average Bonchev–Trinajstić information content (AvgIpc) is 3.69. The summed E-state index contributed by atoms with van der Waals surface area (Å²) in [6, 6.07) is 54.2. The van der Waals surface area contributed by atoms with E-state index in [0.717, 1.165) is 67.2 Å². The number of benzene rings is 7. The van der Waals surface area contributed by atoms with Crippen molar-refractivity contribution in [3.63, 3.8) is 0 Å². The molecule has 0 unspecified atom stereocenters. The van der Waals surface area contributed by atoms with Crippen molar-refractivity contribution in [3.8, 4) is 44.6 Å². The summed E-state index contributed by atoms with van der Waals surface area (Å²) in [5.41, 5.74) is 15.0. The Morgan fingerprint density at radius 3 is 2.07 bits per heavy atom. The molecular weight excluding hydrogens is 558 g/mol. The molecule has 9 aromatic rings. The van der Waals surface area contributed by atoms with E-state index >= 15 is 0 Å². The number of para-hydroxylation sites is 1. The minimum Gasteiger partial charge on any atom is -0.455 e. The Morgan fingerprint density at radius 1 is 0.457 bits per heavy atom. The lowest BCUT2D eigenvalue weighted by molar-refractivity contribution is 0.670. The fourth-order valence-electron chi connectivity index (χ4n) is 7.63. The summed E-state index contributed by atoms with van der Waals surface area (Å²) in [5.74, 6) is 0. The summed E-state index contributed by atoms with van der Waals surface area (Å²) in [6.07, 6.45) is 0.995. The quantitative estimate of drug-likeness (QED) is 0.206. The summed E-state index contributed by atoms with van der Waals surface area (Å²) in [4.78, 5) is 5.26. The Balaban J connectivity index is 1.23. The van der Waals surface area contributed by atoms with E-state index in [-0.39, 0.29) is 0 Å². The number of furan rings is 1. The third-order valence-corrected chi connectivity index (χ3v) is 9.70. The highest BCUT2D eigenvalue weighted by molar-refractivity contribution is 6.28. The van der Waals surface area contributed by atoms with Crippen LogP contribution in [-0.4, -0.2) is 4.98 Å². The first kappa shape index (κ1) is 25.3. The van der Waals surface area contributed by atoms with Crippen LogP contribution >= 0.6 is 0 Å². The van der Waals surface area contributed by atoms with Crippen LogP contribution in [0.15, 0.2) is 156 Å². The van der Waals surface area contributed by atoms with Crippen LogP contribution in [0.1, 0.15) is 11.1 Å². The average molecular weight is 586 g/mol. The van der Waals surface area contributed by atoms with E-state index in [1.54, 1.807) is 0 Å². The molecule has 1 aliphatic rings. The molecule has 0 saturated heterocycles. The normalized spacial score (nSPS) is 12.3. The molecular formula is C44H27NO. The smallest absolute Gasteiger partial charge is 0.144 e. The Hall–Kier alpha value is -5.99. The highest BCUT2D eigenvalue weighted by Crippen LogP contribution is 2.49. The summed E-state index contributed by atoms with van der Waals surface area (Å²) in [5, 5.41) is 5.77. The van der Waals surface area contributed by atoms with Crippen molar-refractivity contribution in [2.45, 2.75) is 6.42 Å². The van der Waals surface area contributed by atoms with Crippen LogP contribution in [0.2, 0.25) is 0 Å². The molecule has 2 heteroatoms. The fourth-order valence-corrected chi connectivity index (χ4v) is 7.63. The lowest BCUT2D eigenvalue weighted by atomic mass is 9.87. The second-order valence-electron chi connectivity index (χ2n) is 12.2. The van der Waals surface area contributed by atoms with Crippen LogP contribution in [0.4, 0.5) is 0 Å². The summed E-state index contributed by atoms with van der Waals surface area (Å²) in [6.45, 7) is 0. The molecule has 0 spiro atoms. The van der Waals surface area contributed by atoms with Gasteiger partial charge in [0.15, 0.2) is 0 Å². The van der Waals surface area contributed by atoms with Crippen LogP contribution in [0.25, 0.3) is 88.3 Å². The van der Waals surface area contributed by atoms with Crippen LogP contribution < -0.4 is 0 Å². The van der Waals surface area contributed by atoms with E-state index in [9.17, 15) is 0 Å². The van der Waals surface area contributed by atoms with Gasteiger partial charge < -0.3 is 4.42 Å². The lowest BCUT2D eigenvalue weighted by Crippen LogP contribution is -1.92. The van der Waals surface area contributed by atoms with E-state index in [1.807, 2.05) is 6.07 Å². The molecule has 46 heavy (non-hydrogen) atoms. The van der Waals surface area contributed by atoms with Gasteiger partial charge in [0.1, 0.15) is 11.2 Å². The monoisotopic (exact) mass is 585 g/mol. The number of pyridine rings is 1. The zero-order valence-corrected chi connectivity index (χ0v) is 25.0. The summed E-state index contributed by atoms with van der Waals surface area (Å²) < 4.78 is 6.74. The SMILES string of the molecule is c1ccc(-c2c3ccccc3c(-c3cccc4nc(-c5ccc6c(c5)-c5ccccc5C6)ccc34)c3c2oc2ccccc23)cc1. The molecule has 2 nitrogen and oxygen atoms in total.